The van der Waals surface area contributed by atoms with Crippen molar-refractivity contribution < 1.29 is 9.84 Å². The fraction of sp³-hybridized carbons (Fsp3) is 0.167. The normalized spacial score (nSPS) is 16.8. The van der Waals surface area contributed by atoms with Gasteiger partial charge in [0.25, 0.3) is 0 Å². The first-order valence-electron chi connectivity index (χ1n) is 9.44. The van der Waals surface area contributed by atoms with Gasteiger partial charge in [-0.1, -0.05) is 48.5 Å². The molecule has 1 aliphatic rings. The number of hydrazone groups is 1. The molecule has 2 unspecified atom stereocenters. The summed E-state index contributed by atoms with van der Waals surface area (Å²) in [6.07, 6.45) is 0.669. The van der Waals surface area contributed by atoms with Crippen molar-refractivity contribution in [1.29, 1.82) is 5.26 Å². The molecule has 1 heterocycles. The Bertz CT molecular complexity index is 1060. The van der Waals surface area contributed by atoms with E-state index in [2.05, 4.69) is 6.07 Å². The lowest BCUT2D eigenvalue weighted by atomic mass is 9.96. The van der Waals surface area contributed by atoms with E-state index in [1.54, 1.807) is 25.3 Å². The molecule has 5 heteroatoms. The van der Waals surface area contributed by atoms with Crippen molar-refractivity contribution in [3.8, 4) is 17.6 Å². The van der Waals surface area contributed by atoms with Gasteiger partial charge in [-0.15, -0.1) is 0 Å². The van der Waals surface area contributed by atoms with Crippen molar-refractivity contribution in [2.24, 2.45) is 5.10 Å². The van der Waals surface area contributed by atoms with Gasteiger partial charge in [0, 0.05) is 12.0 Å². The molecular weight excluding hydrogens is 362 g/mol. The maximum atomic E-state index is 10.3. The van der Waals surface area contributed by atoms with Crippen molar-refractivity contribution >= 4 is 5.71 Å². The molecule has 0 aromatic heterocycles. The summed E-state index contributed by atoms with van der Waals surface area (Å²) in [4.78, 5) is 0. The Balaban J connectivity index is 1.76. The third kappa shape index (κ3) is 3.65. The number of ether oxygens (including phenoxy) is 1. The van der Waals surface area contributed by atoms with Crippen LogP contribution in [0.5, 0.6) is 11.5 Å². The second-order valence-electron chi connectivity index (χ2n) is 6.88. The maximum Gasteiger partial charge on any atom is 0.162 e. The number of hydrogen-bond donors (Lipinski definition) is 1. The Morgan fingerprint density at radius 1 is 1.03 bits per heavy atom. The van der Waals surface area contributed by atoms with Crippen LogP contribution in [0, 0.1) is 11.3 Å². The van der Waals surface area contributed by atoms with Gasteiger partial charge in [0.1, 0.15) is 11.5 Å². The zero-order valence-electron chi connectivity index (χ0n) is 16.1. The van der Waals surface area contributed by atoms with Crippen LogP contribution < -0.4 is 4.74 Å². The molecule has 2 atom stereocenters. The summed E-state index contributed by atoms with van der Waals surface area (Å²) in [5.74, 6) is 0.881. The molecule has 1 aliphatic heterocycles. The fourth-order valence-electron chi connectivity index (χ4n) is 3.66. The van der Waals surface area contributed by atoms with Crippen molar-refractivity contribution in [3.05, 3.63) is 95.6 Å². The van der Waals surface area contributed by atoms with Crippen LogP contribution in [0.3, 0.4) is 0 Å². The van der Waals surface area contributed by atoms with E-state index >= 15 is 0 Å². The average Bonchev–Trinajstić information content (AvgIpc) is 3.21. The maximum absolute atomic E-state index is 10.3. The first-order chi connectivity index (χ1) is 14.2. The van der Waals surface area contributed by atoms with Crippen molar-refractivity contribution in [1.82, 2.24) is 5.01 Å². The quantitative estimate of drug-likeness (QED) is 0.686. The summed E-state index contributed by atoms with van der Waals surface area (Å²) < 4.78 is 5.25. The van der Waals surface area contributed by atoms with E-state index in [0.717, 1.165) is 22.6 Å². The van der Waals surface area contributed by atoms with E-state index in [1.165, 1.54) is 0 Å². The summed E-state index contributed by atoms with van der Waals surface area (Å²) in [5.41, 5.74) is 3.52. The minimum Gasteiger partial charge on any atom is -0.508 e. The van der Waals surface area contributed by atoms with Gasteiger partial charge in [-0.2, -0.15) is 10.4 Å². The number of nitriles is 1. The van der Waals surface area contributed by atoms with Gasteiger partial charge in [0.15, 0.2) is 6.04 Å². The van der Waals surface area contributed by atoms with Gasteiger partial charge in [0.2, 0.25) is 0 Å². The van der Waals surface area contributed by atoms with Crippen LogP contribution in [-0.2, 0) is 0 Å². The molecule has 0 spiro atoms. The molecule has 0 saturated carbocycles. The molecule has 0 aliphatic carbocycles. The number of rotatable bonds is 5. The summed E-state index contributed by atoms with van der Waals surface area (Å²) in [7, 11) is 1.64. The number of aromatic hydroxyl groups is 1. The second-order valence-corrected chi connectivity index (χ2v) is 6.88. The monoisotopic (exact) mass is 383 g/mol. The van der Waals surface area contributed by atoms with E-state index in [0.29, 0.717) is 12.0 Å². The minimum absolute atomic E-state index is 0.0963. The molecule has 1 N–H and O–H groups in total. The Hall–Kier alpha value is -3.78. The third-order valence-electron chi connectivity index (χ3n) is 5.17. The van der Waals surface area contributed by atoms with E-state index in [1.807, 2.05) is 65.7 Å². The highest BCUT2D eigenvalue weighted by molar-refractivity contribution is 6.02. The van der Waals surface area contributed by atoms with Gasteiger partial charge in [0.05, 0.1) is 24.9 Å². The second kappa shape index (κ2) is 8.07. The number of benzene rings is 3. The average molecular weight is 383 g/mol. The van der Waals surface area contributed by atoms with E-state index in [4.69, 9.17) is 9.84 Å². The number of nitrogens with zero attached hydrogens (tertiary/aromatic N) is 3. The summed E-state index contributed by atoms with van der Waals surface area (Å²) in [5, 5.41) is 26.9. The Morgan fingerprint density at radius 2 is 1.72 bits per heavy atom. The molecule has 0 fully saturated rings. The van der Waals surface area contributed by atoms with E-state index in [-0.39, 0.29) is 11.8 Å². The molecule has 3 aromatic rings. The minimum atomic E-state index is -0.697. The molecule has 0 amide bonds. The molecule has 3 aromatic carbocycles. The highest BCUT2D eigenvalue weighted by Crippen LogP contribution is 2.40. The summed E-state index contributed by atoms with van der Waals surface area (Å²) in [6, 6.07) is 26.3. The van der Waals surface area contributed by atoms with Gasteiger partial charge in [-0.25, -0.2) is 0 Å². The Labute approximate surface area is 170 Å². The Morgan fingerprint density at radius 3 is 2.38 bits per heavy atom. The lowest BCUT2D eigenvalue weighted by Crippen LogP contribution is -2.24. The first kappa shape index (κ1) is 18.6. The summed E-state index contributed by atoms with van der Waals surface area (Å²) >= 11 is 0. The highest BCUT2D eigenvalue weighted by Gasteiger charge is 2.35. The van der Waals surface area contributed by atoms with Crippen molar-refractivity contribution in [2.45, 2.75) is 18.5 Å². The molecule has 5 nitrogen and oxygen atoms in total. The van der Waals surface area contributed by atoms with Crippen LogP contribution in [0.2, 0.25) is 0 Å². The highest BCUT2D eigenvalue weighted by atomic mass is 16.5. The summed E-state index contributed by atoms with van der Waals surface area (Å²) in [6.45, 7) is 0. The predicted molar refractivity (Wildman–Crippen MR) is 112 cm³/mol. The van der Waals surface area contributed by atoms with Crippen LogP contribution in [0.1, 0.15) is 35.2 Å². The first-order valence-corrected chi connectivity index (χ1v) is 9.44. The van der Waals surface area contributed by atoms with Gasteiger partial charge >= 0.3 is 0 Å². The van der Waals surface area contributed by atoms with Gasteiger partial charge in [-0.05, 0) is 41.5 Å². The van der Waals surface area contributed by atoms with Crippen LogP contribution >= 0.6 is 0 Å². The van der Waals surface area contributed by atoms with Crippen LogP contribution in [0.4, 0.5) is 0 Å². The number of phenols is 1. The molecule has 0 bridgehead atoms. The molecule has 4 rings (SSSR count). The number of para-hydroxylation sites is 1. The van der Waals surface area contributed by atoms with Crippen molar-refractivity contribution in [3.63, 3.8) is 0 Å². The standard InChI is InChI=1S/C24H21N3O2/c1-29-19-13-11-17(12-14-19)21-15-22(18-7-3-2-4-8-18)27(26-21)23(16-25)20-9-5-6-10-24(20)28/h2-14,22-23,28H,15H2,1H3. The van der Waals surface area contributed by atoms with Crippen LogP contribution in [0.25, 0.3) is 0 Å². The van der Waals surface area contributed by atoms with Gasteiger partial charge < -0.3 is 9.84 Å². The Kier molecular flexibility index (Phi) is 5.17. The van der Waals surface area contributed by atoms with E-state index < -0.39 is 6.04 Å². The topological polar surface area (TPSA) is 68.8 Å². The molecule has 0 saturated heterocycles. The molecule has 0 radical (unpaired) electrons. The van der Waals surface area contributed by atoms with Crippen LogP contribution in [0.15, 0.2) is 84.0 Å². The zero-order valence-corrected chi connectivity index (χ0v) is 16.1. The number of methoxy groups -OCH3 is 1. The van der Waals surface area contributed by atoms with Gasteiger partial charge in [-0.3, -0.25) is 5.01 Å². The SMILES string of the molecule is COc1ccc(C2=NN(C(C#N)c3ccccc3O)C(c3ccccc3)C2)cc1. The fourth-order valence-corrected chi connectivity index (χ4v) is 3.66. The number of phenolic OH excluding ortho intramolecular Hbond substituents is 1. The third-order valence-corrected chi connectivity index (χ3v) is 5.17. The number of hydrogen-bond acceptors (Lipinski definition) is 5. The van der Waals surface area contributed by atoms with Crippen molar-refractivity contribution in [2.75, 3.05) is 7.11 Å². The lowest BCUT2D eigenvalue weighted by molar-refractivity contribution is 0.194. The molecule has 144 valence electrons. The molecular formula is C24H21N3O2. The molecule has 29 heavy (non-hydrogen) atoms. The lowest BCUT2D eigenvalue weighted by Gasteiger charge is -2.28. The van der Waals surface area contributed by atoms with E-state index in [9.17, 15) is 10.4 Å². The predicted octanol–water partition coefficient (Wildman–Crippen LogP) is 4.82. The largest absolute Gasteiger partial charge is 0.508 e. The zero-order chi connectivity index (χ0) is 20.2. The van der Waals surface area contributed by atoms with Crippen LogP contribution in [-0.4, -0.2) is 22.9 Å². The smallest absolute Gasteiger partial charge is 0.162 e.